The normalized spacial score (nSPS) is 13.6. The third kappa shape index (κ3) is 5.28. The van der Waals surface area contributed by atoms with Gasteiger partial charge in [-0.25, -0.2) is 9.78 Å². The van der Waals surface area contributed by atoms with E-state index in [1.807, 2.05) is 18.2 Å². The van der Waals surface area contributed by atoms with Gasteiger partial charge in [0, 0.05) is 39.0 Å². The lowest BCUT2D eigenvalue weighted by Crippen LogP contribution is -2.36. The van der Waals surface area contributed by atoms with Crippen molar-refractivity contribution in [2.75, 3.05) is 36.5 Å². The van der Waals surface area contributed by atoms with Gasteiger partial charge in [0.15, 0.2) is 5.82 Å². The molecule has 1 aromatic heterocycles. The smallest absolute Gasteiger partial charge is 0.322 e. The summed E-state index contributed by atoms with van der Waals surface area (Å²) in [7, 11) is 0. The van der Waals surface area contributed by atoms with Gasteiger partial charge in [-0.1, -0.05) is 29.3 Å². The number of carbonyl (C=O) groups excluding carboxylic acids is 1. The lowest BCUT2D eigenvalue weighted by molar-refractivity contribution is 0.199. The Balaban J connectivity index is 1.75. The third-order valence-electron chi connectivity index (χ3n) is 4.66. The molecule has 2 heterocycles. The minimum absolute atomic E-state index is 0.0110. The molecule has 1 aliphatic heterocycles. The zero-order valence-electron chi connectivity index (χ0n) is 15.6. The van der Waals surface area contributed by atoms with Crippen LogP contribution in [0.1, 0.15) is 24.8 Å². The van der Waals surface area contributed by atoms with Crippen molar-refractivity contribution in [1.29, 1.82) is 0 Å². The molecular formula is C20H24Cl2N4O2. The SMILES string of the molecule is O=C(Nc1cccnc1N1CCCC1)N(CCCO)Cc1ccc(Cl)c(Cl)c1. The second kappa shape index (κ2) is 9.96. The second-order valence-electron chi connectivity index (χ2n) is 6.75. The van der Waals surface area contributed by atoms with Crippen molar-refractivity contribution < 1.29 is 9.90 Å². The third-order valence-corrected chi connectivity index (χ3v) is 5.40. The van der Waals surface area contributed by atoms with Crippen LogP contribution in [0, 0.1) is 0 Å². The summed E-state index contributed by atoms with van der Waals surface area (Å²) >= 11 is 12.1. The molecule has 2 N–H and O–H groups in total. The molecule has 0 bridgehead atoms. The zero-order valence-corrected chi connectivity index (χ0v) is 17.1. The number of aromatic nitrogens is 1. The highest BCUT2D eigenvalue weighted by atomic mass is 35.5. The molecule has 150 valence electrons. The number of rotatable bonds is 7. The van der Waals surface area contributed by atoms with Gasteiger partial charge in [-0.3, -0.25) is 0 Å². The van der Waals surface area contributed by atoms with E-state index >= 15 is 0 Å². The fourth-order valence-corrected chi connectivity index (χ4v) is 3.56. The fraction of sp³-hybridized carbons (Fsp3) is 0.400. The highest BCUT2D eigenvalue weighted by Crippen LogP contribution is 2.27. The molecule has 0 aliphatic carbocycles. The van der Waals surface area contributed by atoms with Gasteiger partial charge in [0.25, 0.3) is 0 Å². The number of urea groups is 1. The average molecular weight is 423 g/mol. The number of hydrogen-bond acceptors (Lipinski definition) is 4. The van der Waals surface area contributed by atoms with Gasteiger partial charge in [0.05, 0.1) is 15.7 Å². The minimum atomic E-state index is -0.243. The van der Waals surface area contributed by atoms with E-state index in [9.17, 15) is 9.90 Å². The molecule has 1 aliphatic rings. The van der Waals surface area contributed by atoms with E-state index < -0.39 is 0 Å². The van der Waals surface area contributed by atoms with Gasteiger partial charge in [-0.2, -0.15) is 0 Å². The van der Waals surface area contributed by atoms with Crippen LogP contribution in [0.5, 0.6) is 0 Å². The van der Waals surface area contributed by atoms with Crippen molar-refractivity contribution in [3.05, 3.63) is 52.1 Å². The van der Waals surface area contributed by atoms with Crippen molar-refractivity contribution in [2.24, 2.45) is 0 Å². The van der Waals surface area contributed by atoms with Crippen molar-refractivity contribution >= 4 is 40.7 Å². The monoisotopic (exact) mass is 422 g/mol. The molecule has 0 unspecified atom stereocenters. The Labute approximate surface area is 175 Å². The van der Waals surface area contributed by atoms with Gasteiger partial charge < -0.3 is 20.2 Å². The van der Waals surface area contributed by atoms with Crippen LogP contribution >= 0.6 is 23.2 Å². The van der Waals surface area contributed by atoms with Crippen molar-refractivity contribution in [2.45, 2.75) is 25.8 Å². The molecule has 3 rings (SSSR count). The van der Waals surface area contributed by atoms with Crippen LogP contribution < -0.4 is 10.2 Å². The fourth-order valence-electron chi connectivity index (χ4n) is 3.24. The number of halogens is 2. The first-order chi connectivity index (χ1) is 13.6. The van der Waals surface area contributed by atoms with Crippen LogP contribution in [0.25, 0.3) is 0 Å². The van der Waals surface area contributed by atoms with E-state index in [-0.39, 0.29) is 12.6 Å². The minimum Gasteiger partial charge on any atom is -0.396 e. The van der Waals surface area contributed by atoms with Crippen LogP contribution in [-0.2, 0) is 6.54 Å². The Kier molecular flexibility index (Phi) is 7.36. The molecule has 0 radical (unpaired) electrons. The molecule has 0 atom stereocenters. The molecule has 0 saturated carbocycles. The number of aliphatic hydroxyl groups is 1. The van der Waals surface area contributed by atoms with E-state index in [1.165, 1.54) is 0 Å². The number of aliphatic hydroxyl groups excluding tert-OH is 1. The van der Waals surface area contributed by atoms with Crippen LogP contribution in [0.15, 0.2) is 36.5 Å². The Morgan fingerprint density at radius 2 is 2.00 bits per heavy atom. The molecule has 6 nitrogen and oxygen atoms in total. The quantitative estimate of drug-likeness (QED) is 0.693. The number of pyridine rings is 1. The van der Waals surface area contributed by atoms with Crippen LogP contribution in [0.2, 0.25) is 10.0 Å². The Morgan fingerprint density at radius 1 is 1.21 bits per heavy atom. The number of amides is 2. The summed E-state index contributed by atoms with van der Waals surface area (Å²) in [5.74, 6) is 0.796. The molecule has 8 heteroatoms. The van der Waals surface area contributed by atoms with Crippen LogP contribution in [0.3, 0.4) is 0 Å². The lowest BCUT2D eigenvalue weighted by atomic mass is 10.2. The summed E-state index contributed by atoms with van der Waals surface area (Å²) in [6.07, 6.45) is 4.48. The molecule has 1 aromatic carbocycles. The number of hydrogen-bond donors (Lipinski definition) is 2. The Morgan fingerprint density at radius 3 is 2.71 bits per heavy atom. The molecule has 28 heavy (non-hydrogen) atoms. The molecule has 2 amide bonds. The maximum Gasteiger partial charge on any atom is 0.322 e. The number of anilines is 2. The average Bonchev–Trinajstić information content (AvgIpc) is 3.23. The number of nitrogens with zero attached hydrogens (tertiary/aromatic N) is 3. The van der Waals surface area contributed by atoms with Crippen molar-refractivity contribution in [3.8, 4) is 0 Å². The van der Waals surface area contributed by atoms with E-state index in [1.54, 1.807) is 23.2 Å². The van der Waals surface area contributed by atoms with E-state index in [2.05, 4.69) is 15.2 Å². The standard InChI is InChI=1S/C20H24Cl2N4O2/c21-16-7-6-15(13-17(16)22)14-26(11-4-12-27)20(28)24-18-5-3-8-23-19(18)25-9-1-2-10-25/h3,5-8,13,27H,1-2,4,9-12,14H2,(H,24,28). The number of carbonyl (C=O) groups is 1. The Bertz CT molecular complexity index is 813. The molecular weight excluding hydrogens is 399 g/mol. The van der Waals surface area contributed by atoms with Crippen LogP contribution in [0.4, 0.5) is 16.3 Å². The van der Waals surface area contributed by atoms with Crippen LogP contribution in [-0.4, -0.2) is 47.3 Å². The van der Waals surface area contributed by atoms with Gasteiger partial charge in [-0.15, -0.1) is 0 Å². The summed E-state index contributed by atoms with van der Waals surface area (Å²) < 4.78 is 0. The summed E-state index contributed by atoms with van der Waals surface area (Å²) in [5.41, 5.74) is 1.56. The maximum absolute atomic E-state index is 13.0. The maximum atomic E-state index is 13.0. The van der Waals surface area contributed by atoms with Gasteiger partial charge >= 0.3 is 6.03 Å². The summed E-state index contributed by atoms with van der Waals surface area (Å²) in [5, 5.41) is 13.1. The predicted octanol–water partition coefficient (Wildman–Crippen LogP) is 4.41. The van der Waals surface area contributed by atoms with Gasteiger partial charge in [-0.05, 0) is 49.1 Å². The van der Waals surface area contributed by atoms with Gasteiger partial charge in [0.2, 0.25) is 0 Å². The van der Waals surface area contributed by atoms with E-state index in [4.69, 9.17) is 23.2 Å². The number of nitrogens with one attached hydrogen (secondary N) is 1. The largest absolute Gasteiger partial charge is 0.396 e. The highest BCUT2D eigenvalue weighted by molar-refractivity contribution is 6.42. The molecule has 1 fully saturated rings. The summed E-state index contributed by atoms with van der Waals surface area (Å²) in [6.45, 7) is 2.68. The first-order valence-corrected chi connectivity index (χ1v) is 10.1. The first-order valence-electron chi connectivity index (χ1n) is 9.39. The lowest BCUT2D eigenvalue weighted by Gasteiger charge is -2.25. The van der Waals surface area contributed by atoms with Gasteiger partial charge in [0.1, 0.15) is 0 Å². The number of benzene rings is 1. The first kappa shape index (κ1) is 20.7. The van der Waals surface area contributed by atoms with E-state index in [0.29, 0.717) is 35.2 Å². The van der Waals surface area contributed by atoms with Crippen molar-refractivity contribution in [3.63, 3.8) is 0 Å². The molecule has 1 saturated heterocycles. The molecule has 2 aromatic rings. The van der Waals surface area contributed by atoms with Crippen molar-refractivity contribution in [1.82, 2.24) is 9.88 Å². The predicted molar refractivity (Wildman–Crippen MR) is 113 cm³/mol. The summed E-state index contributed by atoms with van der Waals surface area (Å²) in [4.78, 5) is 21.3. The topological polar surface area (TPSA) is 68.7 Å². The molecule has 0 spiro atoms. The zero-order chi connectivity index (χ0) is 19.9. The second-order valence-corrected chi connectivity index (χ2v) is 7.56. The summed E-state index contributed by atoms with van der Waals surface area (Å²) in [6, 6.07) is 8.74. The Hall–Kier alpha value is -2.02. The van der Waals surface area contributed by atoms with E-state index in [0.717, 1.165) is 37.3 Å². The highest BCUT2D eigenvalue weighted by Gasteiger charge is 2.20.